The van der Waals surface area contributed by atoms with Crippen LogP contribution in [0.4, 0.5) is 5.69 Å². The van der Waals surface area contributed by atoms with E-state index in [4.69, 9.17) is 0 Å². The molecular weight excluding hydrogens is 300 g/mol. The van der Waals surface area contributed by atoms with E-state index < -0.39 is 0 Å². The molecule has 1 saturated carbocycles. The maximum atomic E-state index is 9.18. The predicted molar refractivity (Wildman–Crippen MR) is 83.1 cm³/mol. The summed E-state index contributed by atoms with van der Waals surface area (Å²) in [5, 5.41) is 12.7. The van der Waals surface area contributed by atoms with Gasteiger partial charge in [0.1, 0.15) is 6.07 Å². The minimum atomic E-state index is 0.517. The van der Waals surface area contributed by atoms with Gasteiger partial charge in [-0.1, -0.05) is 29.8 Å². The lowest BCUT2D eigenvalue weighted by Gasteiger charge is -2.32. The average molecular weight is 321 g/mol. The number of hydrogen-bond donors (Lipinski definition) is 1. The second kappa shape index (κ2) is 6.43. The van der Waals surface area contributed by atoms with Gasteiger partial charge in [0.05, 0.1) is 11.3 Å². The van der Waals surface area contributed by atoms with Crippen LogP contribution < -0.4 is 5.32 Å². The van der Waals surface area contributed by atoms with E-state index >= 15 is 0 Å². The van der Waals surface area contributed by atoms with Crippen LogP contribution in [0.1, 0.15) is 45.1 Å². The highest BCUT2D eigenvalue weighted by Gasteiger charge is 2.23. The topological polar surface area (TPSA) is 35.8 Å². The number of anilines is 1. The standard InChI is InChI=1S/C16H21BrN2/c1-11(2)12-3-6-15(7-4-12)19-16-8-5-14(17)9-13(16)10-18/h5,8-9,11-12,15,19H,3-4,6-7H2,1-2H3. The second-order valence-electron chi connectivity index (χ2n) is 5.80. The second-order valence-corrected chi connectivity index (χ2v) is 6.72. The molecule has 1 aromatic rings. The van der Waals surface area contributed by atoms with Crippen LogP contribution in [0.5, 0.6) is 0 Å². The van der Waals surface area contributed by atoms with E-state index in [1.807, 2.05) is 18.2 Å². The molecule has 1 aliphatic rings. The number of benzene rings is 1. The largest absolute Gasteiger partial charge is 0.381 e. The molecule has 0 bridgehead atoms. The normalized spacial score (nSPS) is 23.1. The summed E-state index contributed by atoms with van der Waals surface area (Å²) in [5.74, 6) is 1.67. The first kappa shape index (κ1) is 14.4. The lowest BCUT2D eigenvalue weighted by Crippen LogP contribution is -2.28. The van der Waals surface area contributed by atoms with Gasteiger partial charge in [-0.2, -0.15) is 5.26 Å². The van der Waals surface area contributed by atoms with Crippen molar-refractivity contribution in [1.82, 2.24) is 0 Å². The molecule has 102 valence electrons. The van der Waals surface area contributed by atoms with E-state index in [9.17, 15) is 5.26 Å². The van der Waals surface area contributed by atoms with Crippen molar-refractivity contribution in [3.63, 3.8) is 0 Å². The van der Waals surface area contributed by atoms with E-state index in [2.05, 4.69) is 41.2 Å². The van der Waals surface area contributed by atoms with Crippen molar-refractivity contribution in [2.75, 3.05) is 5.32 Å². The quantitative estimate of drug-likeness (QED) is 0.855. The maximum Gasteiger partial charge on any atom is 0.101 e. The average Bonchev–Trinajstić information content (AvgIpc) is 2.41. The molecule has 0 atom stereocenters. The first-order valence-corrected chi connectivity index (χ1v) is 7.85. The Morgan fingerprint density at radius 3 is 2.53 bits per heavy atom. The zero-order valence-electron chi connectivity index (χ0n) is 11.6. The van der Waals surface area contributed by atoms with Gasteiger partial charge in [-0.05, 0) is 55.7 Å². The minimum Gasteiger partial charge on any atom is -0.381 e. The van der Waals surface area contributed by atoms with Crippen LogP contribution in [0.2, 0.25) is 0 Å². The van der Waals surface area contributed by atoms with Gasteiger partial charge in [-0.15, -0.1) is 0 Å². The van der Waals surface area contributed by atoms with Crippen molar-refractivity contribution >= 4 is 21.6 Å². The zero-order chi connectivity index (χ0) is 13.8. The molecule has 1 aromatic carbocycles. The molecule has 0 aliphatic heterocycles. The van der Waals surface area contributed by atoms with Crippen LogP contribution in [-0.2, 0) is 0 Å². The van der Waals surface area contributed by atoms with Crippen LogP contribution in [0.3, 0.4) is 0 Å². The third-order valence-electron chi connectivity index (χ3n) is 4.18. The zero-order valence-corrected chi connectivity index (χ0v) is 13.2. The van der Waals surface area contributed by atoms with Gasteiger partial charge in [0.25, 0.3) is 0 Å². The van der Waals surface area contributed by atoms with Crippen molar-refractivity contribution in [1.29, 1.82) is 5.26 Å². The van der Waals surface area contributed by atoms with Crippen LogP contribution in [0, 0.1) is 23.2 Å². The van der Waals surface area contributed by atoms with E-state index in [0.29, 0.717) is 6.04 Å². The fraction of sp³-hybridized carbons (Fsp3) is 0.562. The maximum absolute atomic E-state index is 9.18. The van der Waals surface area contributed by atoms with Gasteiger partial charge in [0, 0.05) is 10.5 Å². The summed E-state index contributed by atoms with van der Waals surface area (Å²) in [7, 11) is 0. The molecule has 0 amide bonds. The Kier molecular flexibility index (Phi) is 4.87. The molecular formula is C16H21BrN2. The molecule has 1 fully saturated rings. The number of nitriles is 1. The number of hydrogen-bond acceptors (Lipinski definition) is 2. The summed E-state index contributed by atoms with van der Waals surface area (Å²) in [6.07, 6.45) is 5.02. The Hall–Kier alpha value is -1.01. The third-order valence-corrected chi connectivity index (χ3v) is 4.67. The Morgan fingerprint density at radius 2 is 1.95 bits per heavy atom. The number of nitrogens with zero attached hydrogens (tertiary/aromatic N) is 1. The highest BCUT2D eigenvalue weighted by atomic mass is 79.9. The Labute approximate surface area is 124 Å². The van der Waals surface area contributed by atoms with Gasteiger partial charge in [0.2, 0.25) is 0 Å². The van der Waals surface area contributed by atoms with E-state index in [1.54, 1.807) is 0 Å². The monoisotopic (exact) mass is 320 g/mol. The van der Waals surface area contributed by atoms with Crippen molar-refractivity contribution in [2.45, 2.75) is 45.6 Å². The molecule has 3 heteroatoms. The van der Waals surface area contributed by atoms with Gasteiger partial charge >= 0.3 is 0 Å². The number of nitrogens with one attached hydrogen (secondary N) is 1. The summed E-state index contributed by atoms with van der Waals surface area (Å²) in [6.45, 7) is 4.64. The predicted octanol–water partition coefficient (Wildman–Crippen LogP) is 4.95. The molecule has 2 rings (SSSR count). The Bertz CT molecular complexity index is 468. The number of halogens is 1. The van der Waals surface area contributed by atoms with Crippen molar-refractivity contribution in [2.24, 2.45) is 11.8 Å². The molecule has 0 saturated heterocycles. The van der Waals surface area contributed by atoms with Crippen molar-refractivity contribution in [3.8, 4) is 6.07 Å². The highest BCUT2D eigenvalue weighted by molar-refractivity contribution is 9.10. The Balaban J connectivity index is 1.98. The van der Waals surface area contributed by atoms with Gasteiger partial charge in [-0.3, -0.25) is 0 Å². The first-order valence-electron chi connectivity index (χ1n) is 7.06. The summed E-state index contributed by atoms with van der Waals surface area (Å²) in [6, 6.07) is 8.64. The molecule has 0 aromatic heterocycles. The molecule has 0 spiro atoms. The van der Waals surface area contributed by atoms with Gasteiger partial charge < -0.3 is 5.32 Å². The SMILES string of the molecule is CC(C)C1CCC(Nc2ccc(Br)cc2C#N)CC1. The summed E-state index contributed by atoms with van der Waals surface area (Å²) in [4.78, 5) is 0. The summed E-state index contributed by atoms with van der Waals surface area (Å²) >= 11 is 3.41. The van der Waals surface area contributed by atoms with Crippen LogP contribution in [0.25, 0.3) is 0 Å². The molecule has 2 nitrogen and oxygen atoms in total. The lowest BCUT2D eigenvalue weighted by molar-refractivity contribution is 0.267. The van der Waals surface area contributed by atoms with E-state index in [1.165, 1.54) is 25.7 Å². The Morgan fingerprint density at radius 1 is 1.26 bits per heavy atom. The fourth-order valence-corrected chi connectivity index (χ4v) is 3.25. The van der Waals surface area contributed by atoms with Crippen molar-refractivity contribution < 1.29 is 0 Å². The summed E-state index contributed by atoms with van der Waals surface area (Å²) in [5.41, 5.74) is 1.69. The minimum absolute atomic E-state index is 0.517. The molecule has 0 radical (unpaired) electrons. The van der Waals surface area contributed by atoms with E-state index in [-0.39, 0.29) is 0 Å². The van der Waals surface area contributed by atoms with E-state index in [0.717, 1.165) is 27.6 Å². The number of rotatable bonds is 3. The third kappa shape index (κ3) is 3.73. The fourth-order valence-electron chi connectivity index (χ4n) is 2.88. The molecule has 1 aliphatic carbocycles. The van der Waals surface area contributed by atoms with Crippen molar-refractivity contribution in [3.05, 3.63) is 28.2 Å². The first-order chi connectivity index (χ1) is 9.10. The highest BCUT2D eigenvalue weighted by Crippen LogP contribution is 2.32. The molecule has 1 N–H and O–H groups in total. The lowest BCUT2D eigenvalue weighted by atomic mass is 9.79. The molecule has 0 unspecified atom stereocenters. The van der Waals surface area contributed by atoms with Gasteiger partial charge in [-0.25, -0.2) is 0 Å². The molecule has 19 heavy (non-hydrogen) atoms. The molecule has 0 heterocycles. The summed E-state index contributed by atoms with van der Waals surface area (Å²) < 4.78 is 0.957. The van der Waals surface area contributed by atoms with Crippen LogP contribution in [0.15, 0.2) is 22.7 Å². The van der Waals surface area contributed by atoms with Gasteiger partial charge in [0.15, 0.2) is 0 Å². The van der Waals surface area contributed by atoms with Crippen LogP contribution >= 0.6 is 15.9 Å². The van der Waals surface area contributed by atoms with Crippen LogP contribution in [-0.4, -0.2) is 6.04 Å². The smallest absolute Gasteiger partial charge is 0.101 e.